The van der Waals surface area contributed by atoms with Crippen molar-refractivity contribution < 1.29 is 18.8 Å². The van der Waals surface area contributed by atoms with E-state index in [9.17, 15) is 9.59 Å². The van der Waals surface area contributed by atoms with Crippen LogP contribution in [0.1, 0.15) is 23.0 Å². The molecule has 0 atom stereocenters. The minimum Gasteiger partial charge on any atom is -0.452 e. The summed E-state index contributed by atoms with van der Waals surface area (Å²) in [6.45, 7) is 4.08. The van der Waals surface area contributed by atoms with Crippen molar-refractivity contribution >= 4 is 51.0 Å². The van der Waals surface area contributed by atoms with Crippen molar-refractivity contribution in [3.8, 4) is 11.3 Å². The monoisotopic (exact) mass is 487 g/mol. The second-order valence-corrected chi connectivity index (χ2v) is 8.47. The van der Waals surface area contributed by atoms with Crippen molar-refractivity contribution in [2.75, 3.05) is 11.9 Å². The molecule has 0 spiro atoms. The molecule has 7 nitrogen and oxygen atoms in total. The maximum atomic E-state index is 12.8. The molecule has 1 N–H and O–H groups in total. The van der Waals surface area contributed by atoms with E-state index in [1.807, 2.05) is 30.3 Å². The number of esters is 1. The van der Waals surface area contributed by atoms with Gasteiger partial charge < -0.3 is 19.1 Å². The highest BCUT2D eigenvalue weighted by Gasteiger charge is 2.25. The number of amides is 1. The fraction of sp³-hybridized carbons (Fsp3) is 0.148. The first-order chi connectivity index (χ1) is 17.0. The topological polar surface area (TPSA) is 86.4 Å². The summed E-state index contributed by atoms with van der Waals surface area (Å²) in [7, 11) is 0. The van der Waals surface area contributed by atoms with E-state index < -0.39 is 18.5 Å². The first-order valence-corrected chi connectivity index (χ1v) is 11.5. The number of carbonyl (C=O) groups excluding carboxylic acids is 2. The van der Waals surface area contributed by atoms with Gasteiger partial charge in [0.25, 0.3) is 5.91 Å². The van der Waals surface area contributed by atoms with Crippen molar-refractivity contribution in [1.29, 1.82) is 0 Å². The lowest BCUT2D eigenvalue weighted by Gasteiger charge is -2.08. The first-order valence-electron chi connectivity index (χ1n) is 11.2. The standard InChI is InChI=1S/C27H22ClN3O4/c1-3-31-22-11-7-5-8-18(22)20-14-17(12-13-23(20)31)29-24(32)15-34-27(33)25-16(2)35-30-26(25)19-9-4-6-10-21(19)28/h4-14H,3,15H2,1-2H3,(H,29,32). The Morgan fingerprint density at radius 1 is 1.03 bits per heavy atom. The Morgan fingerprint density at radius 3 is 2.57 bits per heavy atom. The van der Waals surface area contributed by atoms with Crippen LogP contribution in [0.3, 0.4) is 0 Å². The summed E-state index contributed by atoms with van der Waals surface area (Å²) in [5.74, 6) is -0.885. The molecule has 2 heterocycles. The molecule has 2 aromatic heterocycles. The molecule has 0 unspecified atom stereocenters. The number of nitrogens with one attached hydrogen (secondary N) is 1. The van der Waals surface area contributed by atoms with Crippen molar-refractivity contribution in [2.24, 2.45) is 0 Å². The Hall–Kier alpha value is -4.10. The third kappa shape index (κ3) is 4.15. The van der Waals surface area contributed by atoms with Gasteiger partial charge in [-0.2, -0.15) is 0 Å². The lowest BCUT2D eigenvalue weighted by molar-refractivity contribution is -0.119. The molecule has 1 amide bonds. The van der Waals surface area contributed by atoms with Gasteiger partial charge in [0.15, 0.2) is 6.61 Å². The average Bonchev–Trinajstić information content (AvgIpc) is 3.40. The number of aryl methyl sites for hydroxylation is 2. The number of hydrogen-bond acceptors (Lipinski definition) is 5. The zero-order chi connectivity index (χ0) is 24.5. The van der Waals surface area contributed by atoms with Gasteiger partial charge in [-0.1, -0.05) is 53.2 Å². The number of para-hydroxylation sites is 1. The summed E-state index contributed by atoms with van der Waals surface area (Å²) in [6.07, 6.45) is 0. The smallest absolute Gasteiger partial charge is 0.344 e. The van der Waals surface area contributed by atoms with E-state index in [1.54, 1.807) is 31.2 Å². The van der Waals surface area contributed by atoms with E-state index in [0.717, 1.165) is 28.4 Å². The van der Waals surface area contributed by atoms with Crippen molar-refractivity contribution in [2.45, 2.75) is 20.4 Å². The van der Waals surface area contributed by atoms with Crippen LogP contribution in [0.5, 0.6) is 0 Å². The molecule has 3 aromatic carbocycles. The summed E-state index contributed by atoms with van der Waals surface area (Å²) in [5, 5.41) is 9.35. The zero-order valence-electron chi connectivity index (χ0n) is 19.2. The molecule has 0 fully saturated rings. The quantitative estimate of drug-likeness (QED) is 0.287. The van der Waals surface area contributed by atoms with E-state index in [1.165, 1.54) is 0 Å². The predicted molar refractivity (Wildman–Crippen MR) is 136 cm³/mol. The summed E-state index contributed by atoms with van der Waals surface area (Å²) in [5.41, 5.74) is 3.81. The molecule has 5 aromatic rings. The number of ether oxygens (including phenoxy) is 1. The average molecular weight is 488 g/mol. The van der Waals surface area contributed by atoms with Crippen LogP contribution in [0.15, 0.2) is 71.3 Å². The van der Waals surface area contributed by atoms with Gasteiger partial charge in [-0.05, 0) is 44.2 Å². The molecular formula is C27H22ClN3O4. The largest absolute Gasteiger partial charge is 0.452 e. The highest BCUT2D eigenvalue weighted by atomic mass is 35.5. The fourth-order valence-corrected chi connectivity index (χ4v) is 4.55. The van der Waals surface area contributed by atoms with E-state index in [0.29, 0.717) is 16.3 Å². The minimum absolute atomic E-state index is 0.139. The Morgan fingerprint density at radius 2 is 1.77 bits per heavy atom. The summed E-state index contributed by atoms with van der Waals surface area (Å²) >= 11 is 6.25. The van der Waals surface area contributed by atoms with Crippen LogP contribution in [-0.2, 0) is 16.1 Å². The second kappa shape index (κ2) is 9.27. The number of rotatable bonds is 6. The highest BCUT2D eigenvalue weighted by Crippen LogP contribution is 2.32. The van der Waals surface area contributed by atoms with E-state index in [2.05, 4.69) is 34.1 Å². The molecule has 0 bridgehead atoms. The molecule has 5 rings (SSSR count). The highest BCUT2D eigenvalue weighted by molar-refractivity contribution is 6.33. The number of anilines is 1. The van der Waals surface area contributed by atoms with E-state index in [-0.39, 0.29) is 17.0 Å². The van der Waals surface area contributed by atoms with Crippen molar-refractivity contribution in [1.82, 2.24) is 9.72 Å². The van der Waals surface area contributed by atoms with Crippen LogP contribution in [0.2, 0.25) is 5.02 Å². The van der Waals surface area contributed by atoms with Crippen LogP contribution in [0.4, 0.5) is 5.69 Å². The molecule has 0 aliphatic heterocycles. The number of aromatic nitrogens is 2. The molecule has 0 saturated heterocycles. The molecule has 0 radical (unpaired) electrons. The Labute approximate surface area is 206 Å². The third-order valence-corrected chi connectivity index (χ3v) is 6.23. The van der Waals surface area contributed by atoms with Gasteiger partial charge in [-0.3, -0.25) is 4.79 Å². The Balaban J connectivity index is 1.32. The Kier molecular flexibility index (Phi) is 6.01. The number of carbonyl (C=O) groups is 2. The molecule has 8 heteroatoms. The fourth-order valence-electron chi connectivity index (χ4n) is 4.32. The Bertz CT molecular complexity index is 1580. The van der Waals surface area contributed by atoms with Crippen LogP contribution in [0.25, 0.3) is 33.1 Å². The summed E-state index contributed by atoms with van der Waals surface area (Å²) < 4.78 is 12.7. The van der Waals surface area contributed by atoms with Gasteiger partial charge in [0.2, 0.25) is 0 Å². The molecular weight excluding hydrogens is 466 g/mol. The van der Waals surface area contributed by atoms with Gasteiger partial charge >= 0.3 is 5.97 Å². The lowest BCUT2D eigenvalue weighted by atomic mass is 10.1. The van der Waals surface area contributed by atoms with Gasteiger partial charge in [0.05, 0.1) is 5.02 Å². The maximum Gasteiger partial charge on any atom is 0.344 e. The van der Waals surface area contributed by atoms with Crippen LogP contribution < -0.4 is 5.32 Å². The number of fused-ring (bicyclic) bond motifs is 3. The van der Waals surface area contributed by atoms with E-state index in [4.69, 9.17) is 20.9 Å². The summed E-state index contributed by atoms with van der Waals surface area (Å²) in [4.78, 5) is 25.4. The predicted octanol–water partition coefficient (Wildman–Crippen LogP) is 6.23. The third-order valence-electron chi connectivity index (χ3n) is 5.90. The molecule has 176 valence electrons. The maximum absolute atomic E-state index is 12.8. The lowest BCUT2D eigenvalue weighted by Crippen LogP contribution is -2.21. The zero-order valence-corrected chi connectivity index (χ0v) is 19.9. The molecule has 0 aliphatic rings. The van der Waals surface area contributed by atoms with Gasteiger partial charge in [0.1, 0.15) is 17.0 Å². The van der Waals surface area contributed by atoms with Gasteiger partial charge in [-0.25, -0.2) is 4.79 Å². The van der Waals surface area contributed by atoms with Crippen LogP contribution >= 0.6 is 11.6 Å². The normalized spacial score (nSPS) is 11.2. The number of nitrogens with zero attached hydrogens (tertiary/aromatic N) is 2. The number of benzene rings is 3. The molecule has 35 heavy (non-hydrogen) atoms. The van der Waals surface area contributed by atoms with Gasteiger partial charge in [0, 0.05) is 39.6 Å². The van der Waals surface area contributed by atoms with Crippen LogP contribution in [-0.4, -0.2) is 28.2 Å². The SMILES string of the molecule is CCn1c2ccccc2c2cc(NC(=O)COC(=O)c3c(-c4ccccc4Cl)noc3C)ccc21. The molecule has 0 saturated carbocycles. The van der Waals surface area contributed by atoms with E-state index >= 15 is 0 Å². The molecule has 0 aliphatic carbocycles. The van der Waals surface area contributed by atoms with Crippen LogP contribution in [0, 0.1) is 6.92 Å². The summed E-state index contributed by atoms with van der Waals surface area (Å²) in [6, 6.07) is 20.9. The second-order valence-electron chi connectivity index (χ2n) is 8.06. The minimum atomic E-state index is -0.713. The van der Waals surface area contributed by atoms with Gasteiger partial charge in [-0.15, -0.1) is 0 Å². The van der Waals surface area contributed by atoms with Crippen molar-refractivity contribution in [3.05, 3.63) is 83.1 Å². The first kappa shape index (κ1) is 22.7. The van der Waals surface area contributed by atoms with Crippen molar-refractivity contribution in [3.63, 3.8) is 0 Å². The number of halogens is 1. The number of hydrogen-bond donors (Lipinski definition) is 1.